The number of carbonyl (C=O) groups excluding carboxylic acids is 3. The van der Waals surface area contributed by atoms with Gasteiger partial charge in [0.05, 0.1) is 21.4 Å². The van der Waals surface area contributed by atoms with Crippen molar-refractivity contribution in [2.75, 3.05) is 11.5 Å². The van der Waals surface area contributed by atoms with E-state index in [1.165, 1.54) is 4.68 Å². The van der Waals surface area contributed by atoms with Gasteiger partial charge in [0, 0.05) is 29.2 Å². The Labute approximate surface area is 372 Å². The summed E-state index contributed by atoms with van der Waals surface area (Å²) in [6.07, 6.45) is -1.50. The fourth-order valence-corrected chi connectivity index (χ4v) is 5.20. The number of H-pyrrole nitrogens is 2. The van der Waals surface area contributed by atoms with Crippen LogP contribution in [0.25, 0.3) is 0 Å². The summed E-state index contributed by atoms with van der Waals surface area (Å²) in [6.45, 7) is 25.2. The van der Waals surface area contributed by atoms with Crippen LogP contribution < -0.4 is 11.5 Å². The van der Waals surface area contributed by atoms with Gasteiger partial charge in [-0.05, 0) is 151 Å². The third-order valence-electron chi connectivity index (χ3n) is 6.03. The Morgan fingerprint density at radius 2 is 1.05 bits per heavy atom. The van der Waals surface area contributed by atoms with Crippen LogP contribution in [-0.2, 0) is 14.2 Å². The molecule has 23 heteroatoms. The first-order valence-electron chi connectivity index (χ1n) is 17.1. The molecule has 58 heavy (non-hydrogen) atoms. The average Bonchev–Trinajstić information content (AvgIpc) is 3.84. The summed E-state index contributed by atoms with van der Waals surface area (Å²) in [4.78, 5) is 34.7. The fourth-order valence-electron chi connectivity index (χ4n) is 3.67. The predicted octanol–water partition coefficient (Wildman–Crippen LogP) is 10.1. The van der Waals surface area contributed by atoms with Crippen molar-refractivity contribution >= 4 is 101 Å². The monoisotopic (exact) mass is 1040 g/mol. The maximum atomic E-state index is 11.6. The molecule has 0 unspecified atom stereocenters. The molecule has 0 saturated carbocycles. The Hall–Kier alpha value is -3.92. The topological polar surface area (TPSA) is 242 Å². The van der Waals surface area contributed by atoms with Gasteiger partial charge in [-0.1, -0.05) is 23.2 Å². The lowest BCUT2D eigenvalue weighted by atomic mass is 10.2. The smallest absolute Gasteiger partial charge is 0.435 e. The second-order valence-electron chi connectivity index (χ2n) is 15.1. The van der Waals surface area contributed by atoms with E-state index in [4.69, 9.17) is 48.9 Å². The molecule has 18 nitrogen and oxygen atoms in total. The zero-order chi connectivity index (χ0) is 45.1. The molecule has 0 saturated heterocycles. The van der Waals surface area contributed by atoms with Crippen molar-refractivity contribution in [3.63, 3.8) is 0 Å². The molecule has 5 rings (SSSR count). The highest BCUT2D eigenvalue weighted by Crippen LogP contribution is 2.25. The minimum Gasteiger partial charge on any atom is -0.442 e. The zero-order valence-corrected chi connectivity index (χ0v) is 41.1. The van der Waals surface area contributed by atoms with E-state index >= 15 is 0 Å². The van der Waals surface area contributed by atoms with Crippen molar-refractivity contribution in [3.8, 4) is 0 Å². The van der Waals surface area contributed by atoms with Crippen LogP contribution in [0.4, 0.5) is 26.0 Å². The first kappa shape index (κ1) is 52.1. The molecule has 0 aliphatic heterocycles. The van der Waals surface area contributed by atoms with E-state index in [0.29, 0.717) is 46.9 Å². The van der Waals surface area contributed by atoms with Crippen LogP contribution in [-0.4, -0.2) is 84.8 Å². The molecule has 0 fully saturated rings. The van der Waals surface area contributed by atoms with Crippen molar-refractivity contribution in [2.45, 2.75) is 114 Å². The van der Waals surface area contributed by atoms with Gasteiger partial charge in [0.1, 0.15) is 42.2 Å². The number of ether oxygens (including phenoxy) is 3. The molecule has 5 heterocycles. The molecular weight excluding hydrogens is 995 g/mol. The number of nitrogens with one attached hydrogen (secondary N) is 2. The molecule has 0 bridgehead atoms. The highest BCUT2D eigenvalue weighted by molar-refractivity contribution is 9.11. The van der Waals surface area contributed by atoms with E-state index in [2.05, 4.69) is 83.5 Å². The molecule has 322 valence electrons. The number of hydrogen-bond acceptors (Lipinski definition) is 13. The lowest BCUT2D eigenvalue weighted by Gasteiger charge is -2.19. The summed E-state index contributed by atoms with van der Waals surface area (Å²) in [5.41, 5.74) is 13.0. The second-order valence-corrected chi connectivity index (χ2v) is 18.2. The molecule has 6 N–H and O–H groups in total. The van der Waals surface area contributed by atoms with Gasteiger partial charge in [0.2, 0.25) is 0 Å². The van der Waals surface area contributed by atoms with Crippen LogP contribution >= 0.6 is 71.0 Å². The largest absolute Gasteiger partial charge is 0.442 e. The number of aromatic amines is 2. The third-order valence-corrected chi connectivity index (χ3v) is 8.91. The van der Waals surface area contributed by atoms with E-state index in [9.17, 15) is 14.4 Å². The van der Waals surface area contributed by atoms with Gasteiger partial charge < -0.3 is 25.7 Å². The minimum atomic E-state index is -0.547. The lowest BCUT2D eigenvalue weighted by molar-refractivity contribution is 0.0499. The molecule has 0 atom stereocenters. The molecule has 0 aromatic carbocycles. The van der Waals surface area contributed by atoms with Gasteiger partial charge in [0.25, 0.3) is 0 Å². The van der Waals surface area contributed by atoms with Crippen molar-refractivity contribution in [1.29, 1.82) is 0 Å². The van der Waals surface area contributed by atoms with Crippen LogP contribution in [0.15, 0.2) is 32.0 Å². The Balaban J connectivity index is 0.000000372. The second kappa shape index (κ2) is 21.9. The summed E-state index contributed by atoms with van der Waals surface area (Å²) in [7, 11) is 0. The van der Waals surface area contributed by atoms with E-state index in [0.717, 1.165) is 26.4 Å². The maximum Gasteiger partial charge on any atom is 0.435 e. The summed E-state index contributed by atoms with van der Waals surface area (Å²) in [5, 5.41) is 25.6. The van der Waals surface area contributed by atoms with Crippen molar-refractivity contribution in [1.82, 2.24) is 49.7 Å². The number of halogens is 5. The third kappa shape index (κ3) is 18.8. The summed E-state index contributed by atoms with van der Waals surface area (Å²) < 4.78 is 20.7. The SMILES string of the molecule is Cc1[nH]nc(Br)c1Cl.Cc1c(Cl)c(Br)nn1C(=O)OC(C)(C)C.Cc1cc(Br)nn1C(=O)OC(C)(C)C.Cc1cc(N)n[nH]1.Cc1cc(N)nn1C(=O)OC(C)(C)C. The van der Waals surface area contributed by atoms with Gasteiger partial charge >= 0.3 is 18.3 Å². The van der Waals surface area contributed by atoms with Crippen molar-refractivity contribution in [2.24, 2.45) is 0 Å². The van der Waals surface area contributed by atoms with Gasteiger partial charge in [0.15, 0.2) is 0 Å². The van der Waals surface area contributed by atoms with Gasteiger partial charge in [-0.25, -0.2) is 14.4 Å². The zero-order valence-electron chi connectivity index (χ0n) is 34.8. The highest BCUT2D eigenvalue weighted by atomic mass is 79.9. The Bertz CT molecular complexity index is 2030. The first-order valence-corrected chi connectivity index (χ1v) is 20.2. The van der Waals surface area contributed by atoms with Crippen molar-refractivity contribution < 1.29 is 28.6 Å². The molecule has 0 aliphatic rings. The van der Waals surface area contributed by atoms with E-state index in [1.54, 1.807) is 80.5 Å². The first-order chi connectivity index (χ1) is 26.3. The van der Waals surface area contributed by atoms with E-state index in [-0.39, 0.29) is 0 Å². The van der Waals surface area contributed by atoms with Crippen LogP contribution in [0.3, 0.4) is 0 Å². The fraction of sp³-hybridized carbons (Fsp3) is 0.486. The summed E-state index contributed by atoms with van der Waals surface area (Å²) in [6, 6.07) is 5.15. The predicted molar refractivity (Wildman–Crippen MR) is 234 cm³/mol. The Morgan fingerprint density at radius 3 is 1.29 bits per heavy atom. The molecule has 5 aromatic rings. The molecule has 5 aromatic heterocycles. The number of aromatic nitrogens is 10. The van der Waals surface area contributed by atoms with Gasteiger partial charge in [-0.15, -0.1) is 5.10 Å². The number of carbonyl (C=O) groups is 3. The van der Waals surface area contributed by atoms with Gasteiger partial charge in [-0.3, -0.25) is 10.2 Å². The van der Waals surface area contributed by atoms with Crippen LogP contribution in [0, 0.1) is 34.6 Å². The summed E-state index contributed by atoms with van der Waals surface area (Å²) >= 11 is 21.0. The highest BCUT2D eigenvalue weighted by Gasteiger charge is 2.23. The number of nitrogen functional groups attached to an aromatic ring is 2. The van der Waals surface area contributed by atoms with Gasteiger partial charge in [-0.2, -0.15) is 34.4 Å². The number of rotatable bonds is 0. The number of aryl methyl sites for hydroxylation is 4. The number of nitrogens with two attached hydrogens (primary N) is 2. The minimum absolute atomic E-state index is 0.313. The number of anilines is 2. The maximum absolute atomic E-state index is 11.6. The van der Waals surface area contributed by atoms with E-state index < -0.39 is 35.1 Å². The van der Waals surface area contributed by atoms with Crippen LogP contribution in [0.5, 0.6) is 0 Å². The average molecular weight is 1050 g/mol. The molecular formula is C35H51Br3Cl2N12O6. The molecule has 0 spiro atoms. The summed E-state index contributed by atoms with van der Waals surface area (Å²) in [5.74, 6) is 0.867. The van der Waals surface area contributed by atoms with Crippen LogP contribution in [0.1, 0.15) is 90.8 Å². The van der Waals surface area contributed by atoms with Crippen LogP contribution in [0.2, 0.25) is 10.0 Å². The standard InChI is InChI=1S/C9H12BrClN2O2.C9H13BrN2O2.C9H15N3O2.C4H4BrClN2.C4H7N3/c1-5-6(11)7(10)12-13(5)8(14)15-9(2,3)4;2*1-6-5-7(10)11-12(6)8(13)14-9(2,3)4;1-2-3(6)4(5)8-7-2;1-3-2-4(5)7-6-3/h1-4H3;5H,1-4H3;5H,1-4H3,(H2,10,11);1H3,(H,7,8);2H,1H3,(H3,5,6,7). The van der Waals surface area contributed by atoms with E-state index in [1.807, 2.05) is 34.6 Å². The van der Waals surface area contributed by atoms with Crippen molar-refractivity contribution in [3.05, 3.63) is 70.5 Å². The Morgan fingerprint density at radius 1 is 0.603 bits per heavy atom. The number of nitrogens with zero attached hydrogens (tertiary/aromatic N) is 8. The molecule has 0 amide bonds. The molecule has 0 radical (unpaired) electrons. The normalized spacial score (nSPS) is 11.0. The quantitative estimate of drug-likeness (QED) is 0.106. The lowest BCUT2D eigenvalue weighted by Crippen LogP contribution is -2.28. The Kier molecular flexibility index (Phi) is 19.7. The number of hydrogen-bond donors (Lipinski definition) is 4. The molecule has 0 aliphatic carbocycles.